The van der Waals surface area contributed by atoms with E-state index in [2.05, 4.69) is 9.73 Å². The highest BCUT2D eigenvalue weighted by Gasteiger charge is 2.19. The Morgan fingerprint density at radius 2 is 1.96 bits per heavy atom. The van der Waals surface area contributed by atoms with E-state index in [1.807, 2.05) is 19.1 Å². The molecule has 4 nitrogen and oxygen atoms in total. The zero-order chi connectivity index (χ0) is 17.0. The average Bonchev–Trinajstić information content (AvgIpc) is 2.87. The van der Waals surface area contributed by atoms with Gasteiger partial charge in [0.15, 0.2) is 0 Å². The maximum absolute atomic E-state index is 11.9. The summed E-state index contributed by atoms with van der Waals surface area (Å²) < 4.78 is 5.36. The van der Waals surface area contributed by atoms with Crippen LogP contribution in [0.3, 0.4) is 0 Å². The van der Waals surface area contributed by atoms with Crippen LogP contribution >= 0.6 is 34.5 Å². The van der Waals surface area contributed by atoms with Gasteiger partial charge in [-0.2, -0.15) is 0 Å². The van der Waals surface area contributed by atoms with Gasteiger partial charge in [0.1, 0.15) is 15.7 Å². The number of aliphatic imine (C=N–C) groups is 1. The minimum absolute atomic E-state index is 0.107. The largest absolute Gasteiger partial charge is 0.506 e. The highest BCUT2D eigenvalue weighted by Crippen LogP contribution is 2.35. The van der Waals surface area contributed by atoms with E-state index in [1.165, 1.54) is 19.4 Å². The third-order valence-corrected chi connectivity index (χ3v) is 4.44. The molecule has 0 amide bonds. The fourth-order valence-electron chi connectivity index (χ4n) is 1.74. The summed E-state index contributed by atoms with van der Waals surface area (Å²) >= 11 is 13.0. The van der Waals surface area contributed by atoms with Crippen molar-refractivity contribution in [3.63, 3.8) is 0 Å². The van der Waals surface area contributed by atoms with Crippen LogP contribution in [-0.2, 0) is 9.53 Å². The highest BCUT2D eigenvalue weighted by molar-refractivity contribution is 7.20. The van der Waals surface area contributed by atoms with Crippen LogP contribution in [0.25, 0.3) is 5.76 Å². The van der Waals surface area contributed by atoms with Crippen molar-refractivity contribution in [1.82, 2.24) is 0 Å². The lowest BCUT2D eigenvalue weighted by Gasteiger charge is -2.04. The molecule has 1 N–H and O–H groups in total. The summed E-state index contributed by atoms with van der Waals surface area (Å²) in [5.41, 5.74) is 1.89. The van der Waals surface area contributed by atoms with Crippen LogP contribution in [0.1, 0.15) is 11.1 Å². The molecule has 120 valence electrons. The van der Waals surface area contributed by atoms with Gasteiger partial charge in [-0.3, -0.25) is 4.99 Å². The number of aliphatic hydroxyl groups excluding tert-OH is 1. The number of halogens is 2. The van der Waals surface area contributed by atoms with Gasteiger partial charge in [-0.05, 0) is 25.1 Å². The molecule has 0 spiro atoms. The van der Waals surface area contributed by atoms with Gasteiger partial charge in [0.2, 0.25) is 0 Å². The molecule has 1 aromatic heterocycles. The SMILES string of the molecule is COC(=O)/C(C=Nc1ccc(C)cc1)=C(/O)c1cc(Cl)sc1Cl. The van der Waals surface area contributed by atoms with Crippen molar-refractivity contribution in [3.8, 4) is 0 Å². The zero-order valence-electron chi connectivity index (χ0n) is 12.3. The predicted molar refractivity (Wildman–Crippen MR) is 95.2 cm³/mol. The quantitative estimate of drug-likeness (QED) is 0.348. The van der Waals surface area contributed by atoms with Crippen LogP contribution in [0, 0.1) is 6.92 Å². The number of hydrogen-bond donors (Lipinski definition) is 1. The van der Waals surface area contributed by atoms with Crippen molar-refractivity contribution in [2.75, 3.05) is 7.11 Å². The number of rotatable bonds is 4. The third kappa shape index (κ3) is 4.34. The molecule has 0 saturated heterocycles. The Morgan fingerprint density at radius 1 is 1.30 bits per heavy atom. The molecule has 7 heteroatoms. The van der Waals surface area contributed by atoms with Crippen LogP contribution < -0.4 is 0 Å². The highest BCUT2D eigenvalue weighted by atomic mass is 35.5. The molecule has 0 aliphatic heterocycles. The minimum atomic E-state index is -0.725. The summed E-state index contributed by atoms with van der Waals surface area (Å²) in [5.74, 6) is -1.06. The normalized spacial score (nSPS) is 12.3. The van der Waals surface area contributed by atoms with Crippen LogP contribution in [0.4, 0.5) is 5.69 Å². The zero-order valence-corrected chi connectivity index (χ0v) is 14.7. The van der Waals surface area contributed by atoms with Crippen LogP contribution in [0.15, 0.2) is 40.9 Å². The first-order valence-corrected chi connectivity index (χ1v) is 8.07. The molecule has 23 heavy (non-hydrogen) atoms. The van der Waals surface area contributed by atoms with Gasteiger partial charge in [0.25, 0.3) is 0 Å². The average molecular weight is 370 g/mol. The summed E-state index contributed by atoms with van der Waals surface area (Å²) in [6.45, 7) is 1.96. The summed E-state index contributed by atoms with van der Waals surface area (Å²) in [5, 5.41) is 10.3. The maximum Gasteiger partial charge on any atom is 0.343 e. The second-order valence-corrected chi connectivity index (χ2v) is 6.87. The molecule has 2 aromatic rings. The van der Waals surface area contributed by atoms with Gasteiger partial charge in [0, 0.05) is 11.8 Å². The Hall–Kier alpha value is -1.82. The number of esters is 1. The number of aryl methyl sites for hydroxylation is 1. The lowest BCUT2D eigenvalue weighted by molar-refractivity contribution is -0.135. The second-order valence-electron chi connectivity index (χ2n) is 4.59. The number of carbonyl (C=O) groups excluding carboxylic acids is 1. The van der Waals surface area contributed by atoms with Crippen LogP contribution in [0.2, 0.25) is 8.67 Å². The van der Waals surface area contributed by atoms with Gasteiger partial charge in [-0.1, -0.05) is 40.9 Å². The Morgan fingerprint density at radius 3 is 2.48 bits per heavy atom. The fraction of sp³-hybridized carbons (Fsp3) is 0.125. The molecule has 1 aromatic carbocycles. The van der Waals surface area contributed by atoms with E-state index in [-0.39, 0.29) is 21.2 Å². The van der Waals surface area contributed by atoms with Crippen molar-refractivity contribution < 1.29 is 14.6 Å². The van der Waals surface area contributed by atoms with Crippen molar-refractivity contribution in [2.24, 2.45) is 4.99 Å². The number of benzene rings is 1. The van der Waals surface area contributed by atoms with Crippen molar-refractivity contribution in [1.29, 1.82) is 0 Å². The van der Waals surface area contributed by atoms with E-state index in [0.717, 1.165) is 16.9 Å². The van der Waals surface area contributed by atoms with Crippen LogP contribution in [0.5, 0.6) is 0 Å². The fourth-order valence-corrected chi connectivity index (χ4v) is 3.20. The number of ether oxygens (including phenoxy) is 1. The summed E-state index contributed by atoms with van der Waals surface area (Å²) in [4.78, 5) is 16.1. The van der Waals surface area contributed by atoms with Crippen molar-refractivity contribution >= 4 is 58.2 Å². The van der Waals surface area contributed by atoms with E-state index in [1.54, 1.807) is 12.1 Å². The lowest BCUT2D eigenvalue weighted by Crippen LogP contribution is -2.08. The first-order valence-electron chi connectivity index (χ1n) is 6.50. The molecule has 0 aliphatic rings. The van der Waals surface area contributed by atoms with Crippen molar-refractivity contribution in [3.05, 3.63) is 55.7 Å². The molecule has 0 unspecified atom stereocenters. The van der Waals surface area contributed by atoms with E-state index in [4.69, 9.17) is 23.2 Å². The van der Waals surface area contributed by atoms with Gasteiger partial charge in [-0.15, -0.1) is 11.3 Å². The summed E-state index contributed by atoms with van der Waals surface area (Å²) in [6, 6.07) is 8.86. The summed E-state index contributed by atoms with van der Waals surface area (Å²) in [6.07, 6.45) is 1.24. The topological polar surface area (TPSA) is 58.9 Å². The molecule has 0 radical (unpaired) electrons. The molecule has 0 fully saturated rings. The van der Waals surface area contributed by atoms with E-state index in [9.17, 15) is 9.90 Å². The Balaban J connectivity index is 2.44. The minimum Gasteiger partial charge on any atom is -0.506 e. The van der Waals surface area contributed by atoms with E-state index >= 15 is 0 Å². The number of carbonyl (C=O) groups is 1. The molecular weight excluding hydrogens is 357 g/mol. The van der Waals surface area contributed by atoms with E-state index < -0.39 is 5.97 Å². The number of nitrogens with zero attached hydrogens (tertiary/aromatic N) is 1. The number of aliphatic hydroxyl groups is 1. The molecular formula is C16H13Cl2NO3S. The third-order valence-electron chi connectivity index (χ3n) is 2.95. The number of hydrogen-bond acceptors (Lipinski definition) is 5. The van der Waals surface area contributed by atoms with Gasteiger partial charge >= 0.3 is 5.97 Å². The van der Waals surface area contributed by atoms with Gasteiger partial charge in [0.05, 0.1) is 17.1 Å². The van der Waals surface area contributed by atoms with Gasteiger partial charge in [-0.25, -0.2) is 4.79 Å². The van der Waals surface area contributed by atoms with E-state index in [0.29, 0.717) is 10.0 Å². The predicted octanol–water partition coefficient (Wildman–Crippen LogP) is 5.21. The molecule has 0 atom stereocenters. The first-order chi connectivity index (χ1) is 10.9. The number of methoxy groups -OCH3 is 1. The molecule has 1 heterocycles. The summed E-state index contributed by atoms with van der Waals surface area (Å²) in [7, 11) is 1.22. The molecule has 2 rings (SSSR count). The maximum atomic E-state index is 11.9. The van der Waals surface area contributed by atoms with Crippen molar-refractivity contribution in [2.45, 2.75) is 6.92 Å². The number of thiophene rings is 1. The smallest absolute Gasteiger partial charge is 0.343 e. The second kappa shape index (κ2) is 7.64. The monoisotopic (exact) mass is 369 g/mol. The standard InChI is InChI=1S/C16H13Cl2NO3S/c1-9-3-5-10(6-4-9)19-8-12(16(21)22-2)14(20)11-7-13(17)23-15(11)18/h3-8,20H,1-2H3/b14-12+,19-8?. The molecule has 0 bridgehead atoms. The van der Waals surface area contributed by atoms with Crippen LogP contribution in [-0.4, -0.2) is 24.4 Å². The lowest BCUT2D eigenvalue weighted by atomic mass is 10.1. The molecule has 0 aliphatic carbocycles. The first kappa shape index (κ1) is 17.5. The Kier molecular flexibility index (Phi) is 5.82. The molecule has 0 saturated carbocycles. The Labute approximate surface area is 147 Å². The Bertz CT molecular complexity index is 779. The van der Waals surface area contributed by atoms with Gasteiger partial charge < -0.3 is 9.84 Å².